The molecule has 0 aromatic heterocycles. The van der Waals surface area contributed by atoms with E-state index in [1.165, 1.54) is 19.1 Å². The summed E-state index contributed by atoms with van der Waals surface area (Å²) < 4.78 is 39.6. The summed E-state index contributed by atoms with van der Waals surface area (Å²) in [5.74, 6) is -0.672. The number of amides is 2. The van der Waals surface area contributed by atoms with Crippen molar-refractivity contribution in [2.75, 3.05) is 18.0 Å². The van der Waals surface area contributed by atoms with Crippen molar-refractivity contribution in [1.29, 1.82) is 0 Å². The zero-order valence-corrected chi connectivity index (χ0v) is 13.9. The van der Waals surface area contributed by atoms with Gasteiger partial charge in [0.25, 0.3) is 0 Å². The van der Waals surface area contributed by atoms with Gasteiger partial charge in [0.2, 0.25) is 11.8 Å². The molecule has 4 nitrogen and oxygen atoms in total. The Labute approximate surface area is 143 Å². The highest BCUT2D eigenvalue weighted by Crippen LogP contribution is 2.38. The van der Waals surface area contributed by atoms with Crippen LogP contribution < -0.4 is 10.2 Å². The van der Waals surface area contributed by atoms with Crippen LogP contribution in [0.3, 0.4) is 0 Å². The van der Waals surface area contributed by atoms with Crippen molar-refractivity contribution in [3.05, 3.63) is 28.8 Å². The lowest BCUT2D eigenvalue weighted by Gasteiger charge is -2.27. The van der Waals surface area contributed by atoms with E-state index in [0.717, 1.165) is 30.2 Å². The van der Waals surface area contributed by atoms with E-state index in [9.17, 15) is 22.8 Å². The number of carbonyl (C=O) groups excluding carboxylic acids is 2. The van der Waals surface area contributed by atoms with Gasteiger partial charge in [-0.2, -0.15) is 13.2 Å². The average molecular weight is 363 g/mol. The molecule has 1 aromatic rings. The summed E-state index contributed by atoms with van der Waals surface area (Å²) in [5.41, 5.74) is -1.24. The Bertz CT molecular complexity index is 630. The number of hydrogen-bond acceptors (Lipinski definition) is 2. The molecule has 24 heavy (non-hydrogen) atoms. The Balaban J connectivity index is 2.12. The second-order valence-corrected chi connectivity index (χ2v) is 6.19. The minimum atomic E-state index is -4.64. The minimum absolute atomic E-state index is 0.0166. The second kappa shape index (κ2) is 7.42. The van der Waals surface area contributed by atoms with Gasteiger partial charge in [-0.05, 0) is 31.0 Å². The number of nitrogens with one attached hydrogen (secondary N) is 1. The van der Waals surface area contributed by atoms with Crippen molar-refractivity contribution in [3.8, 4) is 0 Å². The Morgan fingerprint density at radius 3 is 2.50 bits per heavy atom. The predicted octanol–water partition coefficient (Wildman–Crippen LogP) is 3.63. The molecule has 0 bridgehead atoms. The van der Waals surface area contributed by atoms with E-state index in [1.807, 2.05) is 0 Å². The third-order valence-electron chi connectivity index (χ3n) is 4.05. The van der Waals surface area contributed by atoms with Crippen LogP contribution in [0.5, 0.6) is 0 Å². The van der Waals surface area contributed by atoms with E-state index < -0.39 is 17.6 Å². The van der Waals surface area contributed by atoms with Gasteiger partial charge >= 0.3 is 6.18 Å². The molecule has 132 valence electrons. The van der Waals surface area contributed by atoms with Gasteiger partial charge in [-0.15, -0.1) is 0 Å². The van der Waals surface area contributed by atoms with Gasteiger partial charge in [0.15, 0.2) is 0 Å². The fourth-order valence-electron chi connectivity index (χ4n) is 2.52. The van der Waals surface area contributed by atoms with Gasteiger partial charge in [-0.1, -0.05) is 18.0 Å². The van der Waals surface area contributed by atoms with Crippen LogP contribution in [-0.2, 0) is 15.8 Å². The van der Waals surface area contributed by atoms with Gasteiger partial charge in [0.1, 0.15) is 0 Å². The molecule has 0 unspecified atom stereocenters. The van der Waals surface area contributed by atoms with Crippen molar-refractivity contribution in [3.63, 3.8) is 0 Å². The summed E-state index contributed by atoms with van der Waals surface area (Å²) >= 11 is 5.65. The van der Waals surface area contributed by atoms with Gasteiger partial charge in [0.05, 0.1) is 11.3 Å². The molecule has 1 aliphatic carbocycles. The second-order valence-electron chi connectivity index (χ2n) is 5.75. The fraction of sp³-hybridized carbons (Fsp3) is 0.500. The molecule has 0 heterocycles. The highest BCUT2D eigenvalue weighted by molar-refractivity contribution is 6.30. The third kappa shape index (κ3) is 4.41. The van der Waals surface area contributed by atoms with E-state index in [4.69, 9.17) is 11.6 Å². The first kappa shape index (κ1) is 18.6. The SMILES string of the molecule is CC(=O)N(CCNC(=O)C1CCC1)c1ccc(Cl)cc1C(F)(F)F. The molecule has 1 N–H and O–H groups in total. The summed E-state index contributed by atoms with van der Waals surface area (Å²) in [4.78, 5) is 24.6. The Hall–Kier alpha value is -1.76. The van der Waals surface area contributed by atoms with Crippen LogP contribution in [-0.4, -0.2) is 24.9 Å². The molecular formula is C16H18ClF3N2O2. The summed E-state index contributed by atoms with van der Waals surface area (Å²) in [7, 11) is 0. The highest BCUT2D eigenvalue weighted by Gasteiger charge is 2.36. The van der Waals surface area contributed by atoms with Crippen LogP contribution >= 0.6 is 11.6 Å². The lowest BCUT2D eigenvalue weighted by molar-refractivity contribution is -0.137. The Kier molecular flexibility index (Phi) is 5.74. The largest absolute Gasteiger partial charge is 0.418 e. The van der Waals surface area contributed by atoms with Crippen LogP contribution in [0.1, 0.15) is 31.7 Å². The zero-order chi connectivity index (χ0) is 17.9. The van der Waals surface area contributed by atoms with Crippen molar-refractivity contribution in [2.45, 2.75) is 32.4 Å². The first-order valence-corrected chi connectivity index (χ1v) is 8.00. The number of halogens is 4. The van der Waals surface area contributed by atoms with Crippen LogP contribution in [0, 0.1) is 5.92 Å². The first-order chi connectivity index (χ1) is 11.2. The molecule has 0 radical (unpaired) electrons. The van der Waals surface area contributed by atoms with Crippen molar-refractivity contribution >= 4 is 29.1 Å². The molecule has 1 aromatic carbocycles. The molecule has 1 saturated carbocycles. The van der Waals surface area contributed by atoms with Gasteiger partial charge in [-0.25, -0.2) is 0 Å². The van der Waals surface area contributed by atoms with Crippen LogP contribution in [0.25, 0.3) is 0 Å². The molecule has 1 fully saturated rings. The summed E-state index contributed by atoms with van der Waals surface area (Å²) in [6, 6.07) is 3.26. The summed E-state index contributed by atoms with van der Waals surface area (Å²) in [6.07, 6.45) is -1.96. The molecule has 8 heteroatoms. The molecule has 2 rings (SSSR count). The van der Waals surface area contributed by atoms with Gasteiger partial charge in [-0.3, -0.25) is 9.59 Å². The first-order valence-electron chi connectivity index (χ1n) is 7.62. The molecule has 0 atom stereocenters. The van der Waals surface area contributed by atoms with Crippen LogP contribution in [0.2, 0.25) is 5.02 Å². The van der Waals surface area contributed by atoms with Crippen molar-refractivity contribution in [1.82, 2.24) is 5.32 Å². The molecule has 0 spiro atoms. The maximum absolute atomic E-state index is 13.2. The molecule has 0 aliphatic heterocycles. The number of hydrogen-bond donors (Lipinski definition) is 1. The Morgan fingerprint density at radius 2 is 2.00 bits per heavy atom. The molecule has 0 saturated heterocycles. The van der Waals surface area contributed by atoms with Gasteiger partial charge < -0.3 is 10.2 Å². The van der Waals surface area contributed by atoms with Crippen LogP contribution in [0.15, 0.2) is 18.2 Å². The normalized spacial score (nSPS) is 14.9. The van der Waals surface area contributed by atoms with E-state index in [1.54, 1.807) is 0 Å². The van der Waals surface area contributed by atoms with Gasteiger partial charge in [0, 0.05) is 31.0 Å². The molecule has 1 aliphatic rings. The molecule has 2 amide bonds. The van der Waals surface area contributed by atoms with E-state index >= 15 is 0 Å². The quantitative estimate of drug-likeness (QED) is 0.869. The van der Waals surface area contributed by atoms with Crippen molar-refractivity contribution in [2.24, 2.45) is 5.92 Å². The minimum Gasteiger partial charge on any atom is -0.354 e. The van der Waals surface area contributed by atoms with Crippen molar-refractivity contribution < 1.29 is 22.8 Å². The summed E-state index contributed by atoms with van der Waals surface area (Å²) in [5, 5.41) is 2.61. The number of anilines is 1. The maximum atomic E-state index is 13.2. The van der Waals surface area contributed by atoms with E-state index in [0.29, 0.717) is 0 Å². The van der Waals surface area contributed by atoms with E-state index in [2.05, 4.69) is 5.32 Å². The lowest BCUT2D eigenvalue weighted by atomic mass is 9.85. The average Bonchev–Trinajstić information content (AvgIpc) is 2.41. The monoisotopic (exact) mass is 362 g/mol. The standard InChI is InChI=1S/C16H18ClF3N2O2/c1-10(23)22(8-7-21-15(24)11-3-2-4-11)14-6-5-12(17)9-13(14)16(18,19)20/h5-6,9,11H,2-4,7-8H2,1H3,(H,21,24). The van der Waals surface area contributed by atoms with Crippen LogP contribution in [0.4, 0.5) is 18.9 Å². The topological polar surface area (TPSA) is 49.4 Å². The highest BCUT2D eigenvalue weighted by atomic mass is 35.5. The number of benzene rings is 1. The Morgan fingerprint density at radius 1 is 1.33 bits per heavy atom. The summed E-state index contributed by atoms with van der Waals surface area (Å²) in [6.45, 7) is 1.23. The zero-order valence-electron chi connectivity index (χ0n) is 13.1. The molecular weight excluding hydrogens is 345 g/mol. The maximum Gasteiger partial charge on any atom is 0.418 e. The third-order valence-corrected chi connectivity index (χ3v) is 4.28. The number of carbonyl (C=O) groups is 2. The predicted molar refractivity (Wildman–Crippen MR) is 84.8 cm³/mol. The number of alkyl halides is 3. The lowest BCUT2D eigenvalue weighted by Crippen LogP contribution is -2.41. The smallest absolute Gasteiger partial charge is 0.354 e. The fourth-order valence-corrected chi connectivity index (χ4v) is 2.70. The number of rotatable bonds is 5. The number of nitrogens with zero attached hydrogens (tertiary/aromatic N) is 1. The van der Waals surface area contributed by atoms with E-state index in [-0.39, 0.29) is 35.6 Å².